The summed E-state index contributed by atoms with van der Waals surface area (Å²) in [6.45, 7) is 6.55. The quantitative estimate of drug-likeness (QED) is 0.414. The summed E-state index contributed by atoms with van der Waals surface area (Å²) in [5.41, 5.74) is 3.73. The number of rotatable bonds is 7. The van der Waals surface area contributed by atoms with Crippen LogP contribution in [0.4, 0.5) is 5.69 Å². The highest BCUT2D eigenvalue weighted by Crippen LogP contribution is 2.24. The summed E-state index contributed by atoms with van der Waals surface area (Å²) >= 11 is 1.49. The van der Waals surface area contributed by atoms with Gasteiger partial charge in [-0.3, -0.25) is 14.9 Å². The maximum atomic E-state index is 13.3. The number of hydrogen-bond acceptors (Lipinski definition) is 5. The van der Waals surface area contributed by atoms with Crippen molar-refractivity contribution in [2.45, 2.75) is 33.6 Å². The molecule has 7 heteroatoms. The van der Waals surface area contributed by atoms with Crippen molar-refractivity contribution in [3.63, 3.8) is 0 Å². The average Bonchev–Trinajstić information content (AvgIpc) is 3.30. The summed E-state index contributed by atoms with van der Waals surface area (Å²) in [4.78, 5) is 22.6. The van der Waals surface area contributed by atoms with Crippen LogP contribution in [-0.4, -0.2) is 27.1 Å². The third-order valence-electron chi connectivity index (χ3n) is 4.75. The molecular formula is C23H24N4O2S. The molecule has 4 aromatic rings. The van der Waals surface area contributed by atoms with E-state index in [4.69, 9.17) is 9.73 Å². The lowest BCUT2D eigenvalue weighted by atomic mass is 10.1. The molecule has 2 aromatic carbocycles. The van der Waals surface area contributed by atoms with Crippen LogP contribution in [0.5, 0.6) is 5.75 Å². The maximum absolute atomic E-state index is 13.3. The molecule has 0 aliphatic heterocycles. The van der Waals surface area contributed by atoms with Gasteiger partial charge in [0.05, 0.1) is 33.8 Å². The minimum atomic E-state index is -0.121. The molecule has 0 bridgehead atoms. The van der Waals surface area contributed by atoms with Crippen LogP contribution in [0.15, 0.2) is 58.3 Å². The molecular weight excluding hydrogens is 396 g/mol. The number of nitrogens with one attached hydrogen (secondary N) is 1. The largest absolute Gasteiger partial charge is 0.494 e. The standard InChI is InChI=1S/C23H24N4O2S/c1-4-8-19-21(15(3)24-16-11-13-17(14-12-16)29-5-2)22(28)27(26-19)23-25-18-9-6-7-10-20(18)30-23/h6-7,9-14,26H,4-5,8H2,1-3H3. The van der Waals surface area contributed by atoms with Gasteiger partial charge in [0.25, 0.3) is 5.56 Å². The molecule has 6 nitrogen and oxygen atoms in total. The van der Waals surface area contributed by atoms with E-state index in [0.29, 0.717) is 23.0 Å². The van der Waals surface area contributed by atoms with Crippen molar-refractivity contribution < 1.29 is 4.74 Å². The molecule has 0 fully saturated rings. The number of H-pyrrole nitrogens is 1. The highest BCUT2D eigenvalue weighted by atomic mass is 32.1. The smallest absolute Gasteiger partial charge is 0.282 e. The summed E-state index contributed by atoms with van der Waals surface area (Å²) in [7, 11) is 0. The molecule has 2 heterocycles. The van der Waals surface area contributed by atoms with Gasteiger partial charge in [0, 0.05) is 5.69 Å². The maximum Gasteiger partial charge on any atom is 0.282 e. The second-order valence-corrected chi connectivity index (χ2v) is 7.95. The van der Waals surface area contributed by atoms with Crippen molar-refractivity contribution in [1.29, 1.82) is 0 Å². The first-order chi connectivity index (χ1) is 14.6. The molecule has 0 radical (unpaired) electrons. The molecule has 0 aliphatic rings. The number of aliphatic imine (C=N–C) groups is 1. The molecule has 0 saturated carbocycles. The zero-order valence-electron chi connectivity index (χ0n) is 17.3. The third-order valence-corrected chi connectivity index (χ3v) is 5.77. The summed E-state index contributed by atoms with van der Waals surface area (Å²) in [5, 5.41) is 3.91. The Hall–Kier alpha value is -3.19. The number of fused-ring (bicyclic) bond motifs is 1. The topological polar surface area (TPSA) is 72.3 Å². The fourth-order valence-corrected chi connectivity index (χ4v) is 4.34. The molecule has 2 aromatic heterocycles. The lowest BCUT2D eigenvalue weighted by molar-refractivity contribution is 0.340. The summed E-state index contributed by atoms with van der Waals surface area (Å²) in [6.07, 6.45) is 1.68. The summed E-state index contributed by atoms with van der Waals surface area (Å²) in [5.74, 6) is 0.806. The molecule has 4 rings (SSSR count). The van der Waals surface area contributed by atoms with E-state index in [9.17, 15) is 4.79 Å². The van der Waals surface area contributed by atoms with E-state index in [-0.39, 0.29) is 5.56 Å². The van der Waals surface area contributed by atoms with Crippen molar-refractivity contribution in [2.75, 3.05) is 6.61 Å². The van der Waals surface area contributed by atoms with Gasteiger partial charge in [0.1, 0.15) is 5.75 Å². The molecule has 154 valence electrons. The Morgan fingerprint density at radius 2 is 1.93 bits per heavy atom. The normalized spacial score (nSPS) is 11.9. The van der Waals surface area contributed by atoms with Crippen molar-refractivity contribution in [1.82, 2.24) is 14.8 Å². The number of hydrogen-bond donors (Lipinski definition) is 1. The lowest BCUT2D eigenvalue weighted by Gasteiger charge is -2.04. The number of thiazole rings is 1. The Kier molecular flexibility index (Phi) is 5.81. The van der Waals surface area contributed by atoms with Gasteiger partial charge < -0.3 is 4.74 Å². The van der Waals surface area contributed by atoms with Crippen molar-refractivity contribution in [2.24, 2.45) is 4.99 Å². The third kappa shape index (κ3) is 3.93. The van der Waals surface area contributed by atoms with Crippen LogP contribution in [-0.2, 0) is 6.42 Å². The number of ether oxygens (including phenoxy) is 1. The Labute approximate surface area is 178 Å². The molecule has 0 spiro atoms. The van der Waals surface area contributed by atoms with E-state index in [1.54, 1.807) is 4.68 Å². The Morgan fingerprint density at radius 3 is 2.63 bits per heavy atom. The molecule has 0 saturated heterocycles. The molecule has 30 heavy (non-hydrogen) atoms. The van der Waals surface area contributed by atoms with Gasteiger partial charge in [-0.1, -0.05) is 36.8 Å². The zero-order chi connectivity index (χ0) is 21.1. The van der Waals surface area contributed by atoms with Gasteiger partial charge in [-0.05, 0) is 56.7 Å². The monoisotopic (exact) mass is 420 g/mol. The first kappa shape index (κ1) is 20.1. The van der Waals surface area contributed by atoms with E-state index in [2.05, 4.69) is 17.0 Å². The van der Waals surface area contributed by atoms with Crippen molar-refractivity contribution in [3.05, 3.63) is 70.1 Å². The second-order valence-electron chi connectivity index (χ2n) is 6.94. The van der Waals surface area contributed by atoms with Gasteiger partial charge in [-0.2, -0.15) is 4.68 Å². The molecule has 0 atom stereocenters. The van der Waals surface area contributed by atoms with Crippen LogP contribution in [0.25, 0.3) is 15.3 Å². The fourth-order valence-electron chi connectivity index (χ4n) is 3.41. The molecule has 0 amide bonds. The van der Waals surface area contributed by atoms with E-state index < -0.39 is 0 Å². The zero-order valence-corrected chi connectivity index (χ0v) is 18.1. The number of para-hydroxylation sites is 1. The number of aromatic nitrogens is 3. The lowest BCUT2D eigenvalue weighted by Crippen LogP contribution is -2.19. The fraction of sp³-hybridized carbons (Fsp3) is 0.261. The van der Waals surface area contributed by atoms with Gasteiger partial charge in [0.2, 0.25) is 5.13 Å². The first-order valence-corrected chi connectivity index (χ1v) is 10.9. The highest BCUT2D eigenvalue weighted by Gasteiger charge is 2.19. The summed E-state index contributed by atoms with van der Waals surface area (Å²) in [6, 6.07) is 15.5. The van der Waals surface area contributed by atoms with E-state index in [0.717, 1.165) is 40.2 Å². The first-order valence-electron chi connectivity index (χ1n) is 10.1. The van der Waals surface area contributed by atoms with Gasteiger partial charge in [-0.15, -0.1) is 0 Å². The predicted octanol–water partition coefficient (Wildman–Crippen LogP) is 5.27. The molecule has 1 N–H and O–H groups in total. The van der Waals surface area contributed by atoms with E-state index in [1.165, 1.54) is 11.3 Å². The SMILES string of the molecule is CCCc1[nH]n(-c2nc3ccccc3s2)c(=O)c1C(C)=Nc1ccc(OCC)cc1. The highest BCUT2D eigenvalue weighted by molar-refractivity contribution is 7.20. The second kappa shape index (κ2) is 8.67. The van der Waals surface area contributed by atoms with E-state index >= 15 is 0 Å². The number of nitrogens with zero attached hydrogens (tertiary/aromatic N) is 3. The van der Waals surface area contributed by atoms with Crippen LogP contribution >= 0.6 is 11.3 Å². The average molecular weight is 421 g/mol. The number of aryl methyl sites for hydroxylation is 1. The molecule has 0 aliphatic carbocycles. The van der Waals surface area contributed by atoms with Gasteiger partial charge in [-0.25, -0.2) is 4.98 Å². The van der Waals surface area contributed by atoms with Crippen LogP contribution in [0.1, 0.15) is 38.4 Å². The number of benzene rings is 2. The van der Waals surface area contributed by atoms with Crippen LogP contribution in [0.2, 0.25) is 0 Å². The number of aromatic amines is 1. The van der Waals surface area contributed by atoms with Crippen LogP contribution < -0.4 is 10.3 Å². The minimum absolute atomic E-state index is 0.121. The van der Waals surface area contributed by atoms with Gasteiger partial charge in [0.15, 0.2) is 0 Å². The van der Waals surface area contributed by atoms with E-state index in [1.807, 2.05) is 62.4 Å². The van der Waals surface area contributed by atoms with Crippen molar-refractivity contribution >= 4 is 33.0 Å². The summed E-state index contributed by atoms with van der Waals surface area (Å²) < 4.78 is 8.08. The van der Waals surface area contributed by atoms with Crippen LogP contribution in [0, 0.1) is 0 Å². The Morgan fingerprint density at radius 1 is 1.17 bits per heavy atom. The van der Waals surface area contributed by atoms with Gasteiger partial charge >= 0.3 is 0 Å². The Bertz CT molecular complexity index is 1220. The van der Waals surface area contributed by atoms with Crippen LogP contribution in [0.3, 0.4) is 0 Å². The minimum Gasteiger partial charge on any atom is -0.494 e. The molecule has 0 unspecified atom stereocenters. The predicted molar refractivity (Wildman–Crippen MR) is 123 cm³/mol. The Balaban J connectivity index is 1.75. The van der Waals surface area contributed by atoms with Crippen molar-refractivity contribution in [3.8, 4) is 10.9 Å².